The third-order valence-electron chi connectivity index (χ3n) is 4.03. The lowest BCUT2D eigenvalue weighted by Crippen LogP contribution is -2.33. The number of carboxylic acids is 1. The molecule has 2 amide bonds. The monoisotopic (exact) mass is 467 g/mol. The van der Waals surface area contributed by atoms with Gasteiger partial charge in [-0.3, -0.25) is 19.3 Å². The molecule has 0 aromatic heterocycles. The topological polar surface area (TPSA) is 93.1 Å². The van der Waals surface area contributed by atoms with Crippen LogP contribution in [-0.2, 0) is 16.2 Å². The second kappa shape index (κ2) is 9.42. The molecule has 10 heteroatoms. The SMILES string of the molecule is COc1cc(/C=C2/SC(=O)N(CC(=O)O)C2=O)ccc1OCc1ccc(Cl)c(Cl)c1. The van der Waals surface area contributed by atoms with Crippen LogP contribution in [-0.4, -0.2) is 40.8 Å². The van der Waals surface area contributed by atoms with Crippen molar-refractivity contribution < 1.29 is 29.0 Å². The maximum Gasteiger partial charge on any atom is 0.323 e. The first-order valence-electron chi connectivity index (χ1n) is 8.50. The minimum Gasteiger partial charge on any atom is -0.493 e. The van der Waals surface area contributed by atoms with Crippen LogP contribution in [0.3, 0.4) is 0 Å². The quantitative estimate of drug-likeness (QED) is 0.589. The van der Waals surface area contributed by atoms with Gasteiger partial charge in [0.15, 0.2) is 11.5 Å². The fraction of sp³-hybridized carbons (Fsp3) is 0.150. The standard InChI is InChI=1S/C20H15Cl2NO6S/c1-28-16-7-11(8-17-19(26)23(9-18(24)25)20(27)30-17)3-5-15(16)29-10-12-2-4-13(21)14(22)6-12/h2-8H,9-10H2,1H3,(H,24,25)/b17-8+. The molecule has 0 aliphatic carbocycles. The molecule has 7 nitrogen and oxygen atoms in total. The molecule has 1 saturated heterocycles. The Morgan fingerprint density at radius 1 is 1.13 bits per heavy atom. The number of carbonyl (C=O) groups excluding carboxylic acids is 2. The molecule has 0 saturated carbocycles. The van der Waals surface area contributed by atoms with Crippen LogP contribution in [0.25, 0.3) is 6.08 Å². The smallest absolute Gasteiger partial charge is 0.323 e. The molecule has 0 spiro atoms. The Morgan fingerprint density at radius 3 is 2.57 bits per heavy atom. The molecule has 0 atom stereocenters. The van der Waals surface area contributed by atoms with Gasteiger partial charge < -0.3 is 14.6 Å². The predicted molar refractivity (Wildman–Crippen MR) is 114 cm³/mol. The van der Waals surface area contributed by atoms with E-state index < -0.39 is 23.7 Å². The molecule has 2 aromatic carbocycles. The number of thioether (sulfide) groups is 1. The molecule has 1 aliphatic heterocycles. The number of benzene rings is 2. The van der Waals surface area contributed by atoms with Crippen LogP contribution in [0.1, 0.15) is 11.1 Å². The van der Waals surface area contributed by atoms with Gasteiger partial charge in [-0.05, 0) is 53.2 Å². The summed E-state index contributed by atoms with van der Waals surface area (Å²) in [6.45, 7) is -0.437. The number of rotatable bonds is 7. The Morgan fingerprint density at radius 2 is 1.90 bits per heavy atom. The number of ether oxygens (including phenoxy) is 2. The molecule has 1 fully saturated rings. The Labute approximate surface area is 186 Å². The number of amides is 2. The van der Waals surface area contributed by atoms with Crippen molar-refractivity contribution in [3.63, 3.8) is 0 Å². The fourth-order valence-electron chi connectivity index (χ4n) is 2.61. The van der Waals surface area contributed by atoms with E-state index in [0.29, 0.717) is 43.8 Å². The molecular weight excluding hydrogens is 453 g/mol. The zero-order valence-corrected chi connectivity index (χ0v) is 17.9. The Balaban J connectivity index is 1.76. The van der Waals surface area contributed by atoms with Gasteiger partial charge in [0.25, 0.3) is 11.1 Å². The number of methoxy groups -OCH3 is 1. The highest BCUT2D eigenvalue weighted by molar-refractivity contribution is 8.18. The van der Waals surface area contributed by atoms with Crippen LogP contribution >= 0.6 is 35.0 Å². The summed E-state index contributed by atoms with van der Waals surface area (Å²) < 4.78 is 11.1. The van der Waals surface area contributed by atoms with Crippen molar-refractivity contribution >= 4 is 58.2 Å². The van der Waals surface area contributed by atoms with E-state index in [0.717, 1.165) is 5.56 Å². The number of imide groups is 1. The summed E-state index contributed by atoms with van der Waals surface area (Å²) in [5.41, 5.74) is 1.41. The van der Waals surface area contributed by atoms with Gasteiger partial charge in [-0.1, -0.05) is 35.3 Å². The van der Waals surface area contributed by atoms with E-state index in [1.807, 2.05) is 0 Å². The van der Waals surface area contributed by atoms with Crippen molar-refractivity contribution in [3.8, 4) is 11.5 Å². The predicted octanol–water partition coefficient (Wildman–Crippen LogP) is 4.70. The number of carbonyl (C=O) groups is 3. The molecule has 1 heterocycles. The van der Waals surface area contributed by atoms with Crippen LogP contribution in [0.4, 0.5) is 4.79 Å². The number of nitrogens with zero attached hydrogens (tertiary/aromatic N) is 1. The van der Waals surface area contributed by atoms with Gasteiger partial charge >= 0.3 is 5.97 Å². The van der Waals surface area contributed by atoms with Gasteiger partial charge in [-0.25, -0.2) is 0 Å². The molecule has 1 aliphatic rings. The van der Waals surface area contributed by atoms with Crippen molar-refractivity contribution in [2.45, 2.75) is 6.61 Å². The highest BCUT2D eigenvalue weighted by atomic mass is 35.5. The maximum atomic E-state index is 12.3. The summed E-state index contributed by atoms with van der Waals surface area (Å²) >= 11 is 12.6. The first-order valence-corrected chi connectivity index (χ1v) is 10.1. The molecule has 2 aromatic rings. The zero-order chi connectivity index (χ0) is 21.8. The number of halogens is 2. The number of carboxylic acid groups (broad SMARTS) is 1. The molecule has 30 heavy (non-hydrogen) atoms. The number of hydrogen-bond donors (Lipinski definition) is 1. The van der Waals surface area contributed by atoms with E-state index in [9.17, 15) is 14.4 Å². The lowest BCUT2D eigenvalue weighted by atomic mass is 10.1. The summed E-state index contributed by atoms with van der Waals surface area (Å²) in [7, 11) is 1.48. The highest BCUT2D eigenvalue weighted by Gasteiger charge is 2.36. The minimum absolute atomic E-state index is 0.132. The normalized spacial score (nSPS) is 15.0. The lowest BCUT2D eigenvalue weighted by molar-refractivity contribution is -0.140. The van der Waals surface area contributed by atoms with Crippen LogP contribution in [0.5, 0.6) is 11.5 Å². The van der Waals surface area contributed by atoms with Gasteiger partial charge in [-0.2, -0.15) is 0 Å². The van der Waals surface area contributed by atoms with Gasteiger partial charge in [0, 0.05) is 0 Å². The van der Waals surface area contributed by atoms with Crippen LogP contribution in [0.15, 0.2) is 41.3 Å². The third-order valence-corrected chi connectivity index (χ3v) is 5.68. The van der Waals surface area contributed by atoms with Crippen LogP contribution < -0.4 is 9.47 Å². The maximum absolute atomic E-state index is 12.3. The Bertz CT molecular complexity index is 1060. The van der Waals surface area contributed by atoms with Crippen molar-refractivity contribution in [2.24, 2.45) is 0 Å². The van der Waals surface area contributed by atoms with Gasteiger partial charge in [-0.15, -0.1) is 0 Å². The number of aliphatic carboxylic acids is 1. The molecule has 1 N–H and O–H groups in total. The highest BCUT2D eigenvalue weighted by Crippen LogP contribution is 2.35. The average Bonchev–Trinajstić information content (AvgIpc) is 2.96. The van der Waals surface area contributed by atoms with Gasteiger partial charge in [0.1, 0.15) is 13.2 Å². The molecule has 0 bridgehead atoms. The summed E-state index contributed by atoms with van der Waals surface area (Å²) in [6, 6.07) is 10.2. The van der Waals surface area contributed by atoms with E-state index in [2.05, 4.69) is 0 Å². The first kappa shape index (κ1) is 22.0. The van der Waals surface area contributed by atoms with Crippen molar-refractivity contribution in [3.05, 3.63) is 62.5 Å². The molecular formula is C20H15Cl2NO6S. The van der Waals surface area contributed by atoms with Crippen LogP contribution in [0.2, 0.25) is 10.0 Å². The average molecular weight is 468 g/mol. The summed E-state index contributed by atoms with van der Waals surface area (Å²) in [5, 5.41) is 9.09. The van der Waals surface area contributed by atoms with Gasteiger partial charge in [0.05, 0.1) is 22.1 Å². The van der Waals surface area contributed by atoms with Crippen LogP contribution in [0, 0.1) is 0 Å². The molecule has 0 radical (unpaired) electrons. The van der Waals surface area contributed by atoms with Crippen molar-refractivity contribution in [1.82, 2.24) is 4.90 Å². The van der Waals surface area contributed by atoms with E-state index in [1.165, 1.54) is 13.2 Å². The third kappa shape index (κ3) is 5.08. The largest absolute Gasteiger partial charge is 0.493 e. The molecule has 156 valence electrons. The minimum atomic E-state index is -1.26. The number of hydrogen-bond acceptors (Lipinski definition) is 6. The summed E-state index contributed by atoms with van der Waals surface area (Å²) in [4.78, 5) is 35.8. The van der Waals surface area contributed by atoms with E-state index >= 15 is 0 Å². The second-order valence-electron chi connectivity index (χ2n) is 6.11. The van der Waals surface area contributed by atoms with E-state index in [1.54, 1.807) is 36.4 Å². The Kier molecular flexibility index (Phi) is 6.91. The fourth-order valence-corrected chi connectivity index (χ4v) is 3.77. The van der Waals surface area contributed by atoms with E-state index in [4.69, 9.17) is 37.8 Å². The van der Waals surface area contributed by atoms with Crippen molar-refractivity contribution in [1.29, 1.82) is 0 Å². The summed E-state index contributed by atoms with van der Waals surface area (Å²) in [6.07, 6.45) is 1.50. The Hall–Kier alpha value is -2.68. The summed E-state index contributed by atoms with van der Waals surface area (Å²) in [5.74, 6) is -1.01. The van der Waals surface area contributed by atoms with Crippen molar-refractivity contribution in [2.75, 3.05) is 13.7 Å². The van der Waals surface area contributed by atoms with E-state index in [-0.39, 0.29) is 11.5 Å². The second-order valence-corrected chi connectivity index (χ2v) is 7.92. The molecule has 0 unspecified atom stereocenters. The van der Waals surface area contributed by atoms with Gasteiger partial charge in [0.2, 0.25) is 0 Å². The first-order chi connectivity index (χ1) is 14.3. The molecule has 3 rings (SSSR count). The zero-order valence-electron chi connectivity index (χ0n) is 15.6. The lowest BCUT2D eigenvalue weighted by Gasteiger charge is -2.12.